The molecule has 3 aromatic rings. The van der Waals surface area contributed by atoms with E-state index in [9.17, 15) is 4.79 Å². The highest BCUT2D eigenvalue weighted by molar-refractivity contribution is 7.21. The first-order chi connectivity index (χ1) is 12.3. The molecule has 6 heteroatoms. The van der Waals surface area contributed by atoms with Crippen LogP contribution in [0, 0.1) is 5.92 Å². The van der Waals surface area contributed by atoms with E-state index in [4.69, 9.17) is 4.74 Å². The number of hydrogen-bond acceptors (Lipinski definition) is 6. The summed E-state index contributed by atoms with van der Waals surface area (Å²) >= 11 is 1.67. The van der Waals surface area contributed by atoms with Crippen molar-refractivity contribution < 1.29 is 9.53 Å². The van der Waals surface area contributed by atoms with Gasteiger partial charge in [-0.2, -0.15) is 0 Å². The molecule has 0 radical (unpaired) electrons. The third-order valence-electron chi connectivity index (χ3n) is 4.62. The average molecular weight is 353 g/mol. The van der Waals surface area contributed by atoms with Gasteiger partial charge in [-0.25, -0.2) is 9.97 Å². The Bertz CT molecular complexity index is 894. The lowest BCUT2D eigenvalue weighted by atomic mass is 9.98. The summed E-state index contributed by atoms with van der Waals surface area (Å²) in [6.07, 6.45) is 3.45. The fourth-order valence-corrected chi connectivity index (χ4v) is 4.37. The van der Waals surface area contributed by atoms with Gasteiger partial charge in [-0.3, -0.25) is 4.79 Å². The molecule has 4 rings (SSSR count). The normalized spacial score (nSPS) is 17.6. The standard InChI is InChI=1S/C19H19N3O2S/c1-24-19(23)14-8-5-9-22(11-14)17-15-10-16(13-6-3-2-4-7-13)25-18(15)21-12-20-17/h2-4,6-7,10,12,14H,5,8-9,11H2,1H3/t14-/m0/s1. The Morgan fingerprint density at radius 1 is 1.28 bits per heavy atom. The van der Waals surface area contributed by atoms with Crippen LogP contribution in [0.25, 0.3) is 20.7 Å². The number of anilines is 1. The van der Waals surface area contributed by atoms with E-state index in [1.54, 1.807) is 17.7 Å². The molecule has 0 spiro atoms. The van der Waals surface area contributed by atoms with Gasteiger partial charge in [-0.05, 0) is 24.5 Å². The Kier molecular flexibility index (Phi) is 4.36. The zero-order valence-corrected chi connectivity index (χ0v) is 14.8. The maximum absolute atomic E-state index is 11.9. The Labute approximate surface area is 150 Å². The highest BCUT2D eigenvalue weighted by Crippen LogP contribution is 2.37. The number of benzene rings is 1. The summed E-state index contributed by atoms with van der Waals surface area (Å²) in [5, 5.41) is 1.05. The second-order valence-electron chi connectivity index (χ2n) is 6.20. The molecule has 0 saturated carbocycles. The zero-order valence-electron chi connectivity index (χ0n) is 14.0. The number of ether oxygens (including phenoxy) is 1. The molecule has 0 aliphatic carbocycles. The van der Waals surface area contributed by atoms with Gasteiger partial charge in [0.2, 0.25) is 0 Å². The maximum Gasteiger partial charge on any atom is 0.310 e. The molecule has 25 heavy (non-hydrogen) atoms. The number of methoxy groups -OCH3 is 1. The number of thiophene rings is 1. The Balaban J connectivity index is 1.70. The quantitative estimate of drug-likeness (QED) is 0.671. The van der Waals surface area contributed by atoms with Gasteiger partial charge in [0.1, 0.15) is 17.0 Å². The molecule has 0 N–H and O–H groups in total. The van der Waals surface area contributed by atoms with Crippen molar-refractivity contribution >= 4 is 33.3 Å². The predicted molar refractivity (Wildman–Crippen MR) is 99.8 cm³/mol. The van der Waals surface area contributed by atoms with Gasteiger partial charge in [0.15, 0.2) is 0 Å². The SMILES string of the molecule is COC(=O)[C@H]1CCCN(c2ncnc3sc(-c4ccccc4)cc23)C1. The monoisotopic (exact) mass is 353 g/mol. The molecule has 0 amide bonds. The molecule has 2 aromatic heterocycles. The molecule has 1 aliphatic heterocycles. The van der Waals surface area contributed by atoms with Gasteiger partial charge in [-0.15, -0.1) is 11.3 Å². The zero-order chi connectivity index (χ0) is 17.2. The number of fused-ring (bicyclic) bond motifs is 1. The van der Waals surface area contributed by atoms with Crippen LogP contribution in [0.1, 0.15) is 12.8 Å². The highest BCUT2D eigenvalue weighted by atomic mass is 32.1. The fraction of sp³-hybridized carbons (Fsp3) is 0.316. The van der Waals surface area contributed by atoms with E-state index in [-0.39, 0.29) is 11.9 Å². The Morgan fingerprint density at radius 2 is 2.12 bits per heavy atom. The van der Waals surface area contributed by atoms with Gasteiger partial charge in [0.25, 0.3) is 0 Å². The van der Waals surface area contributed by atoms with Crippen LogP contribution >= 0.6 is 11.3 Å². The molecule has 128 valence electrons. The number of hydrogen-bond donors (Lipinski definition) is 0. The minimum atomic E-state index is -0.134. The van der Waals surface area contributed by atoms with E-state index in [1.165, 1.54) is 17.6 Å². The molecule has 1 aliphatic rings. The molecule has 1 atom stereocenters. The average Bonchev–Trinajstić information content (AvgIpc) is 3.12. The van der Waals surface area contributed by atoms with Crippen LogP contribution in [0.3, 0.4) is 0 Å². The van der Waals surface area contributed by atoms with E-state index >= 15 is 0 Å². The third-order valence-corrected chi connectivity index (χ3v) is 5.71. The van der Waals surface area contributed by atoms with Crippen LogP contribution in [-0.4, -0.2) is 36.1 Å². The summed E-state index contributed by atoms with van der Waals surface area (Å²) in [6.45, 7) is 1.55. The predicted octanol–water partition coefficient (Wildman–Crippen LogP) is 3.75. The van der Waals surface area contributed by atoms with Crippen LogP contribution in [0.5, 0.6) is 0 Å². The molecular formula is C19H19N3O2S. The number of carbonyl (C=O) groups is 1. The van der Waals surface area contributed by atoms with Gasteiger partial charge in [-0.1, -0.05) is 30.3 Å². The van der Waals surface area contributed by atoms with Crippen LogP contribution in [0.2, 0.25) is 0 Å². The number of carbonyl (C=O) groups excluding carboxylic acids is 1. The van der Waals surface area contributed by atoms with Gasteiger partial charge in [0.05, 0.1) is 18.4 Å². The van der Waals surface area contributed by atoms with Crippen molar-refractivity contribution in [2.45, 2.75) is 12.8 Å². The minimum Gasteiger partial charge on any atom is -0.469 e. The van der Waals surface area contributed by atoms with Crippen molar-refractivity contribution in [1.82, 2.24) is 9.97 Å². The first-order valence-corrected chi connectivity index (χ1v) is 9.20. The van der Waals surface area contributed by atoms with E-state index < -0.39 is 0 Å². The van der Waals surface area contributed by atoms with E-state index in [2.05, 4.69) is 33.1 Å². The Hall–Kier alpha value is -2.47. The minimum absolute atomic E-state index is 0.0870. The molecular weight excluding hydrogens is 334 g/mol. The molecule has 1 aromatic carbocycles. The topological polar surface area (TPSA) is 55.3 Å². The van der Waals surface area contributed by atoms with Crippen LogP contribution < -0.4 is 4.90 Å². The van der Waals surface area contributed by atoms with Crippen LogP contribution in [-0.2, 0) is 9.53 Å². The van der Waals surface area contributed by atoms with E-state index in [0.717, 1.165) is 35.4 Å². The lowest BCUT2D eigenvalue weighted by Gasteiger charge is -2.32. The number of esters is 1. The van der Waals surface area contributed by atoms with Crippen molar-refractivity contribution in [2.75, 3.05) is 25.1 Å². The molecule has 3 heterocycles. The van der Waals surface area contributed by atoms with Gasteiger partial charge >= 0.3 is 5.97 Å². The number of aromatic nitrogens is 2. The number of nitrogens with zero attached hydrogens (tertiary/aromatic N) is 3. The summed E-state index contributed by atoms with van der Waals surface area (Å²) in [4.78, 5) is 25.2. The van der Waals surface area contributed by atoms with Crippen molar-refractivity contribution in [3.05, 3.63) is 42.7 Å². The summed E-state index contributed by atoms with van der Waals surface area (Å²) < 4.78 is 4.93. The van der Waals surface area contributed by atoms with Crippen molar-refractivity contribution in [3.8, 4) is 10.4 Å². The summed E-state index contributed by atoms with van der Waals surface area (Å²) in [5.41, 5.74) is 1.18. The lowest BCUT2D eigenvalue weighted by molar-refractivity contribution is -0.145. The van der Waals surface area contributed by atoms with Crippen molar-refractivity contribution in [2.24, 2.45) is 5.92 Å². The summed E-state index contributed by atoms with van der Waals surface area (Å²) in [7, 11) is 1.45. The van der Waals surface area contributed by atoms with Crippen molar-refractivity contribution in [3.63, 3.8) is 0 Å². The third kappa shape index (κ3) is 3.09. The molecule has 5 nitrogen and oxygen atoms in total. The number of piperidine rings is 1. The maximum atomic E-state index is 11.9. The number of rotatable bonds is 3. The highest BCUT2D eigenvalue weighted by Gasteiger charge is 2.28. The van der Waals surface area contributed by atoms with E-state index in [1.807, 2.05) is 18.2 Å². The summed E-state index contributed by atoms with van der Waals surface area (Å²) in [6, 6.07) is 12.5. The first kappa shape index (κ1) is 16.0. The van der Waals surface area contributed by atoms with E-state index in [0.29, 0.717) is 6.54 Å². The van der Waals surface area contributed by atoms with Crippen LogP contribution in [0.4, 0.5) is 5.82 Å². The Morgan fingerprint density at radius 3 is 2.92 bits per heavy atom. The smallest absolute Gasteiger partial charge is 0.310 e. The van der Waals surface area contributed by atoms with Crippen LogP contribution in [0.15, 0.2) is 42.7 Å². The van der Waals surface area contributed by atoms with Crippen molar-refractivity contribution in [1.29, 1.82) is 0 Å². The second kappa shape index (κ2) is 6.80. The fourth-order valence-electron chi connectivity index (χ4n) is 3.37. The largest absolute Gasteiger partial charge is 0.469 e. The molecule has 1 saturated heterocycles. The summed E-state index contributed by atoms with van der Waals surface area (Å²) in [5.74, 6) is 0.693. The van der Waals surface area contributed by atoms with Gasteiger partial charge < -0.3 is 9.64 Å². The molecule has 0 bridgehead atoms. The molecule has 0 unspecified atom stereocenters. The second-order valence-corrected chi connectivity index (χ2v) is 7.23. The van der Waals surface area contributed by atoms with Gasteiger partial charge in [0, 0.05) is 18.0 Å². The lowest BCUT2D eigenvalue weighted by Crippen LogP contribution is -2.39. The molecule has 1 fully saturated rings. The first-order valence-electron chi connectivity index (χ1n) is 8.39.